The Morgan fingerprint density at radius 3 is 1.62 bits per heavy atom. The highest BCUT2D eigenvalue weighted by Crippen LogP contribution is 2.44. The lowest BCUT2D eigenvalue weighted by molar-refractivity contribution is 0.669. The van der Waals surface area contributed by atoms with Crippen LogP contribution < -0.4 is 4.90 Å². The molecule has 2 heteroatoms. The van der Waals surface area contributed by atoms with E-state index in [2.05, 4.69) is 205 Å². The fraction of sp³-hybridized carbons (Fsp3) is 0. The lowest BCUT2D eigenvalue weighted by Crippen LogP contribution is -2.10. The monoisotopic (exact) mass is 713 g/mol. The van der Waals surface area contributed by atoms with Crippen LogP contribution in [0.4, 0.5) is 17.1 Å². The quantitative estimate of drug-likeness (QED) is 0.160. The summed E-state index contributed by atoms with van der Waals surface area (Å²) in [5.74, 6) is 0. The van der Waals surface area contributed by atoms with E-state index in [-0.39, 0.29) is 0 Å². The van der Waals surface area contributed by atoms with Gasteiger partial charge in [0, 0.05) is 16.8 Å². The molecule has 2 nitrogen and oxygen atoms in total. The van der Waals surface area contributed by atoms with Crippen LogP contribution >= 0.6 is 0 Å². The molecule has 0 fully saturated rings. The number of para-hydroxylation sites is 1. The standard InChI is InChI=1S/C54H35NO/c1-2-11-41-33-43(25-23-36(41)9-1)38-21-19-37(20-22-38)42-12-7-13-47(35-42)55(51-16-8-18-53-54(51)50-15-5-6-17-52(50)56-53)46-30-27-39(28-31-46)44-29-32-49-45(34-44)26-24-40-10-3-4-14-48(40)49/h1-35H. The van der Waals surface area contributed by atoms with Crippen molar-refractivity contribution in [2.24, 2.45) is 0 Å². The molecule has 0 unspecified atom stereocenters. The molecule has 0 saturated carbocycles. The topological polar surface area (TPSA) is 16.4 Å². The molecular weight excluding hydrogens is 679 g/mol. The third-order valence-corrected chi connectivity index (χ3v) is 11.2. The second-order valence-corrected chi connectivity index (χ2v) is 14.5. The minimum Gasteiger partial charge on any atom is -0.456 e. The van der Waals surface area contributed by atoms with E-state index in [9.17, 15) is 0 Å². The number of hydrogen-bond donors (Lipinski definition) is 0. The second kappa shape index (κ2) is 13.2. The molecule has 0 radical (unpaired) electrons. The lowest BCUT2D eigenvalue weighted by Gasteiger charge is -2.27. The highest BCUT2D eigenvalue weighted by molar-refractivity contribution is 6.13. The van der Waals surface area contributed by atoms with Gasteiger partial charge < -0.3 is 9.32 Å². The Balaban J connectivity index is 1.00. The molecule has 0 N–H and O–H groups in total. The van der Waals surface area contributed by atoms with E-state index in [0.29, 0.717) is 0 Å². The van der Waals surface area contributed by atoms with Crippen LogP contribution in [0.5, 0.6) is 0 Å². The van der Waals surface area contributed by atoms with Gasteiger partial charge in [0.25, 0.3) is 0 Å². The molecule has 56 heavy (non-hydrogen) atoms. The smallest absolute Gasteiger partial charge is 0.137 e. The fourth-order valence-corrected chi connectivity index (χ4v) is 8.41. The van der Waals surface area contributed by atoms with Gasteiger partial charge in [-0.3, -0.25) is 0 Å². The van der Waals surface area contributed by atoms with Crippen molar-refractivity contribution in [2.45, 2.75) is 0 Å². The molecule has 262 valence electrons. The van der Waals surface area contributed by atoms with Gasteiger partial charge in [0.2, 0.25) is 0 Å². The van der Waals surface area contributed by atoms with Crippen LogP contribution in [0.15, 0.2) is 217 Å². The summed E-state index contributed by atoms with van der Waals surface area (Å²) >= 11 is 0. The first-order valence-electron chi connectivity index (χ1n) is 19.2. The molecule has 1 aromatic heterocycles. The van der Waals surface area contributed by atoms with Gasteiger partial charge in [-0.2, -0.15) is 0 Å². The van der Waals surface area contributed by atoms with Gasteiger partial charge in [-0.25, -0.2) is 0 Å². The lowest BCUT2D eigenvalue weighted by atomic mass is 9.97. The van der Waals surface area contributed by atoms with Gasteiger partial charge in [0.1, 0.15) is 11.2 Å². The Morgan fingerprint density at radius 1 is 0.286 bits per heavy atom. The van der Waals surface area contributed by atoms with Gasteiger partial charge in [-0.1, -0.05) is 158 Å². The molecule has 0 saturated heterocycles. The number of fused-ring (bicyclic) bond motifs is 7. The van der Waals surface area contributed by atoms with Crippen molar-refractivity contribution in [1.82, 2.24) is 0 Å². The third-order valence-electron chi connectivity index (χ3n) is 11.2. The molecule has 0 amide bonds. The number of furan rings is 1. The van der Waals surface area contributed by atoms with Crippen LogP contribution in [0, 0.1) is 0 Å². The number of anilines is 3. The van der Waals surface area contributed by atoms with Crippen molar-refractivity contribution in [3.05, 3.63) is 212 Å². The number of nitrogens with zero attached hydrogens (tertiary/aromatic N) is 1. The maximum atomic E-state index is 6.39. The zero-order chi connectivity index (χ0) is 37.0. The first-order valence-corrected chi connectivity index (χ1v) is 19.2. The molecule has 11 rings (SSSR count). The van der Waals surface area contributed by atoms with Crippen LogP contribution in [-0.4, -0.2) is 0 Å². The molecular formula is C54H35NO. The van der Waals surface area contributed by atoms with E-state index in [1.165, 1.54) is 60.1 Å². The first-order chi connectivity index (χ1) is 27.7. The highest BCUT2D eigenvalue weighted by Gasteiger charge is 2.20. The van der Waals surface area contributed by atoms with Crippen LogP contribution in [0.2, 0.25) is 0 Å². The number of rotatable bonds is 6. The SMILES string of the molecule is c1cc(-c2ccc(-c3ccc4ccccc4c3)cc2)cc(N(c2ccc(-c3ccc4c(ccc5ccccc54)c3)cc2)c2cccc3oc4ccccc4c23)c1. The molecule has 0 bridgehead atoms. The van der Waals surface area contributed by atoms with Crippen molar-refractivity contribution in [2.75, 3.05) is 4.90 Å². The Kier molecular flexibility index (Phi) is 7.53. The summed E-state index contributed by atoms with van der Waals surface area (Å²) in [6.45, 7) is 0. The van der Waals surface area contributed by atoms with Gasteiger partial charge in [0.15, 0.2) is 0 Å². The van der Waals surface area contributed by atoms with Crippen molar-refractivity contribution in [1.29, 1.82) is 0 Å². The Hall–Kier alpha value is -7.42. The summed E-state index contributed by atoms with van der Waals surface area (Å²) in [5, 5.41) is 9.77. The van der Waals surface area contributed by atoms with E-state index >= 15 is 0 Å². The molecule has 0 atom stereocenters. The first kappa shape index (κ1) is 32.0. The molecule has 0 aliphatic carbocycles. The number of benzene rings is 10. The van der Waals surface area contributed by atoms with Gasteiger partial charge in [0.05, 0.1) is 11.1 Å². The Labute approximate surface area is 325 Å². The number of hydrogen-bond acceptors (Lipinski definition) is 2. The fourth-order valence-electron chi connectivity index (χ4n) is 8.41. The Bertz CT molecular complexity index is 3250. The average molecular weight is 714 g/mol. The molecule has 10 aromatic carbocycles. The van der Waals surface area contributed by atoms with Crippen molar-refractivity contribution < 1.29 is 4.42 Å². The van der Waals surface area contributed by atoms with Crippen LogP contribution in [0.3, 0.4) is 0 Å². The predicted octanol–water partition coefficient (Wildman–Crippen LogP) is 15.5. The van der Waals surface area contributed by atoms with Crippen LogP contribution in [0.1, 0.15) is 0 Å². The summed E-state index contributed by atoms with van der Waals surface area (Å²) in [6.07, 6.45) is 0. The van der Waals surface area contributed by atoms with Crippen molar-refractivity contribution >= 4 is 71.3 Å². The predicted molar refractivity (Wildman–Crippen MR) is 237 cm³/mol. The second-order valence-electron chi connectivity index (χ2n) is 14.5. The summed E-state index contributed by atoms with van der Waals surface area (Å²) in [6, 6.07) is 76.5. The summed E-state index contributed by atoms with van der Waals surface area (Å²) in [5.41, 5.74) is 12.1. The molecule has 1 heterocycles. The average Bonchev–Trinajstić information content (AvgIpc) is 3.66. The zero-order valence-electron chi connectivity index (χ0n) is 30.6. The zero-order valence-corrected chi connectivity index (χ0v) is 30.6. The van der Waals surface area contributed by atoms with Crippen molar-refractivity contribution in [3.8, 4) is 33.4 Å². The van der Waals surface area contributed by atoms with E-state index in [1.54, 1.807) is 0 Å². The Morgan fingerprint density at radius 2 is 0.821 bits per heavy atom. The summed E-state index contributed by atoms with van der Waals surface area (Å²) in [4.78, 5) is 2.37. The van der Waals surface area contributed by atoms with E-state index in [1.807, 2.05) is 12.1 Å². The maximum Gasteiger partial charge on any atom is 0.137 e. The largest absolute Gasteiger partial charge is 0.456 e. The molecule has 11 aromatic rings. The molecule has 0 aliphatic heterocycles. The normalized spacial score (nSPS) is 11.6. The van der Waals surface area contributed by atoms with Gasteiger partial charge in [-0.15, -0.1) is 0 Å². The minimum absolute atomic E-state index is 0.870. The van der Waals surface area contributed by atoms with Crippen LogP contribution in [-0.2, 0) is 0 Å². The highest BCUT2D eigenvalue weighted by atomic mass is 16.3. The van der Waals surface area contributed by atoms with Gasteiger partial charge in [-0.05, 0) is 120 Å². The van der Waals surface area contributed by atoms with Gasteiger partial charge >= 0.3 is 0 Å². The summed E-state index contributed by atoms with van der Waals surface area (Å²) < 4.78 is 6.39. The third kappa shape index (κ3) is 5.51. The summed E-state index contributed by atoms with van der Waals surface area (Å²) in [7, 11) is 0. The van der Waals surface area contributed by atoms with Crippen LogP contribution in [0.25, 0.3) is 87.6 Å². The van der Waals surface area contributed by atoms with Crippen molar-refractivity contribution in [3.63, 3.8) is 0 Å². The molecule has 0 aliphatic rings. The van der Waals surface area contributed by atoms with E-state index in [0.717, 1.165) is 44.6 Å². The minimum atomic E-state index is 0.870. The van der Waals surface area contributed by atoms with E-state index < -0.39 is 0 Å². The molecule has 0 spiro atoms. The van der Waals surface area contributed by atoms with E-state index in [4.69, 9.17) is 4.42 Å². The maximum absolute atomic E-state index is 6.39.